The number of hydrogen-bond acceptors (Lipinski definition) is 10. The van der Waals surface area contributed by atoms with Crippen LogP contribution in [0.15, 0.2) is 41.3 Å². The van der Waals surface area contributed by atoms with E-state index in [1.54, 1.807) is 32.0 Å². The van der Waals surface area contributed by atoms with Gasteiger partial charge in [0.1, 0.15) is 17.8 Å². The third-order valence-corrected chi connectivity index (χ3v) is 8.60. The Morgan fingerprint density at radius 2 is 1.95 bits per heavy atom. The minimum absolute atomic E-state index is 0.0871. The molecule has 0 bridgehead atoms. The van der Waals surface area contributed by atoms with Crippen molar-refractivity contribution in [2.45, 2.75) is 63.5 Å². The first-order valence-corrected chi connectivity index (χ1v) is 13.8. The van der Waals surface area contributed by atoms with Crippen molar-refractivity contribution in [2.75, 3.05) is 18.9 Å². The molecular formula is C24H30F3N4O8P. The van der Waals surface area contributed by atoms with Crippen LogP contribution in [0.5, 0.6) is 5.75 Å². The maximum atomic E-state index is 16.3. The van der Waals surface area contributed by atoms with Gasteiger partial charge in [-0.15, -0.1) is 0 Å². The van der Waals surface area contributed by atoms with Crippen LogP contribution in [0.4, 0.5) is 19.0 Å². The number of fused-ring (bicyclic) bond motifs is 1. The van der Waals surface area contributed by atoms with E-state index in [4.69, 9.17) is 24.3 Å². The Kier molecular flexibility index (Phi) is 7.84. The first-order valence-electron chi connectivity index (χ1n) is 12.3. The molecule has 1 aromatic heterocycles. The molecule has 2 aliphatic rings. The van der Waals surface area contributed by atoms with Crippen LogP contribution in [-0.2, 0) is 23.4 Å². The lowest BCUT2D eigenvalue weighted by atomic mass is 9.79. The van der Waals surface area contributed by atoms with Crippen LogP contribution in [-0.4, -0.2) is 63.6 Å². The molecular weight excluding hydrogens is 560 g/mol. The molecule has 1 aromatic carbocycles. The number of hydrogen-bond donors (Lipinski definition) is 3. The van der Waals surface area contributed by atoms with Crippen LogP contribution < -0.4 is 21.0 Å². The zero-order chi connectivity index (χ0) is 29.7. The monoisotopic (exact) mass is 590 g/mol. The first-order chi connectivity index (χ1) is 18.6. The minimum Gasteiger partial charge on any atom is -0.462 e. The minimum atomic E-state index is -4.44. The molecule has 4 N–H and O–H groups in total. The van der Waals surface area contributed by atoms with Gasteiger partial charge in [-0.25, -0.2) is 22.5 Å². The second-order valence-electron chi connectivity index (χ2n) is 10.1. The number of nitrogens with one attached hydrogen (secondary N) is 1. The Morgan fingerprint density at radius 1 is 1.30 bits per heavy atom. The topological polar surface area (TPSA) is 164 Å². The van der Waals surface area contributed by atoms with Gasteiger partial charge in [0.15, 0.2) is 11.6 Å². The summed E-state index contributed by atoms with van der Waals surface area (Å²) in [6, 6.07) is 4.58. The number of anilines is 1. The average molecular weight is 590 g/mol. The van der Waals surface area contributed by atoms with Gasteiger partial charge in [0.05, 0.1) is 30.8 Å². The number of alkyl halides is 2. The largest absolute Gasteiger partial charge is 0.462 e. The Hall–Kier alpha value is -2.97. The van der Waals surface area contributed by atoms with Gasteiger partial charge in [0.25, 0.3) is 5.85 Å². The second-order valence-corrected chi connectivity index (χ2v) is 11.8. The number of nitrogens with zero attached hydrogens (tertiary/aromatic N) is 2. The van der Waals surface area contributed by atoms with E-state index in [1.165, 1.54) is 19.1 Å². The number of carbonyl (C=O) groups excluding carboxylic acids is 1. The number of aliphatic hydroxyl groups is 1. The number of carbonyl (C=O) groups is 1. The lowest BCUT2D eigenvalue weighted by molar-refractivity contribution is -0.149. The van der Waals surface area contributed by atoms with Crippen LogP contribution in [0.1, 0.15) is 33.7 Å². The van der Waals surface area contributed by atoms with E-state index in [0.29, 0.717) is 10.8 Å². The highest BCUT2D eigenvalue weighted by Crippen LogP contribution is 2.77. The number of benzene rings is 1. The molecule has 1 aliphatic heterocycles. The summed E-state index contributed by atoms with van der Waals surface area (Å²) in [5.74, 6) is -5.81. The molecule has 12 nitrogen and oxygen atoms in total. The van der Waals surface area contributed by atoms with Gasteiger partial charge in [0, 0.05) is 6.20 Å². The van der Waals surface area contributed by atoms with Crippen LogP contribution >= 0.6 is 7.75 Å². The van der Waals surface area contributed by atoms with Gasteiger partial charge >= 0.3 is 19.4 Å². The number of para-hydroxylation sites is 1. The van der Waals surface area contributed by atoms with Gasteiger partial charge < -0.3 is 24.8 Å². The molecule has 1 saturated heterocycles. The summed E-state index contributed by atoms with van der Waals surface area (Å²) in [6.07, 6.45) is -1.53. The van der Waals surface area contributed by atoms with E-state index in [2.05, 4.69) is 10.1 Å². The molecule has 1 saturated carbocycles. The molecule has 7 atom stereocenters. The summed E-state index contributed by atoms with van der Waals surface area (Å²) < 4.78 is 81.7. The second kappa shape index (κ2) is 10.5. The van der Waals surface area contributed by atoms with Crippen molar-refractivity contribution in [3.63, 3.8) is 0 Å². The van der Waals surface area contributed by atoms with Crippen LogP contribution in [0.3, 0.4) is 0 Å². The van der Waals surface area contributed by atoms with Crippen molar-refractivity contribution < 1.29 is 46.2 Å². The number of halogens is 3. The number of rotatable bonds is 11. The Balaban J connectivity index is 1.58. The lowest BCUT2D eigenvalue weighted by Crippen LogP contribution is -2.47. The predicted octanol–water partition coefficient (Wildman–Crippen LogP) is 2.42. The molecule has 0 amide bonds. The summed E-state index contributed by atoms with van der Waals surface area (Å²) in [5, 5.41) is 12.6. The van der Waals surface area contributed by atoms with Crippen molar-refractivity contribution in [2.24, 2.45) is 5.41 Å². The Morgan fingerprint density at radius 3 is 2.55 bits per heavy atom. The van der Waals surface area contributed by atoms with Crippen molar-refractivity contribution in [3.8, 4) is 5.75 Å². The van der Waals surface area contributed by atoms with Gasteiger partial charge in [-0.3, -0.25) is 13.9 Å². The molecule has 1 aliphatic carbocycles. The van der Waals surface area contributed by atoms with Crippen molar-refractivity contribution in [1.29, 1.82) is 0 Å². The summed E-state index contributed by atoms with van der Waals surface area (Å²) >= 11 is 0. The van der Waals surface area contributed by atoms with Gasteiger partial charge in [-0.05, 0) is 32.9 Å². The van der Waals surface area contributed by atoms with Crippen LogP contribution in [0, 0.1) is 11.2 Å². The first kappa shape index (κ1) is 30.0. The highest BCUT2D eigenvalue weighted by Gasteiger charge is 2.95. The fraction of sp³-hybridized carbons (Fsp3) is 0.542. The zero-order valence-electron chi connectivity index (χ0n) is 22.0. The molecule has 2 heterocycles. The van der Waals surface area contributed by atoms with E-state index < -0.39 is 85.5 Å². The number of aliphatic hydroxyl groups excluding tert-OH is 1. The van der Waals surface area contributed by atoms with Crippen molar-refractivity contribution >= 4 is 19.5 Å². The van der Waals surface area contributed by atoms with Gasteiger partial charge in [-0.2, -0.15) is 10.1 Å². The SMILES string of the molecule is CC(C)OC(=O)[C@H](C)NP(=O)(OC[C@H]1OC2(F)[C@@H](n3cc(F)c(N)nc3=O)C2(F)C1(C)CO)Oc1ccccc1. The number of esters is 1. The van der Waals surface area contributed by atoms with E-state index in [-0.39, 0.29) is 5.75 Å². The number of ether oxygens (including phenoxy) is 2. The fourth-order valence-electron chi connectivity index (χ4n) is 4.74. The molecule has 4 unspecified atom stereocenters. The maximum absolute atomic E-state index is 16.3. The van der Waals surface area contributed by atoms with E-state index in [1.807, 2.05) is 0 Å². The van der Waals surface area contributed by atoms with E-state index in [0.717, 1.165) is 6.92 Å². The quantitative estimate of drug-likeness (QED) is 0.260. The van der Waals surface area contributed by atoms with Gasteiger partial charge in [-0.1, -0.05) is 25.1 Å². The Labute approximate surface area is 227 Å². The van der Waals surface area contributed by atoms with Crippen LogP contribution in [0.2, 0.25) is 0 Å². The third-order valence-electron chi connectivity index (χ3n) is 6.96. The predicted molar refractivity (Wildman–Crippen MR) is 134 cm³/mol. The van der Waals surface area contributed by atoms with E-state index >= 15 is 8.78 Å². The molecule has 0 spiro atoms. The fourth-order valence-corrected chi connectivity index (χ4v) is 6.23. The highest BCUT2D eigenvalue weighted by atomic mass is 31.2. The average Bonchev–Trinajstić information content (AvgIpc) is 3.31. The molecule has 0 radical (unpaired) electrons. The smallest absolute Gasteiger partial charge is 0.459 e. The molecule has 2 aromatic rings. The van der Waals surface area contributed by atoms with Crippen molar-refractivity contribution in [1.82, 2.24) is 14.6 Å². The lowest BCUT2D eigenvalue weighted by Gasteiger charge is -2.34. The molecule has 16 heteroatoms. The number of nitrogens with two attached hydrogens (primary N) is 1. The number of nitrogen functional groups attached to an aromatic ring is 1. The summed E-state index contributed by atoms with van der Waals surface area (Å²) in [6.45, 7) is 3.93. The normalized spacial score (nSPS) is 31.3. The summed E-state index contributed by atoms with van der Waals surface area (Å²) in [7, 11) is -4.44. The summed E-state index contributed by atoms with van der Waals surface area (Å²) in [4.78, 5) is 27.8. The van der Waals surface area contributed by atoms with Crippen molar-refractivity contribution in [3.05, 3.63) is 52.8 Å². The van der Waals surface area contributed by atoms with Gasteiger partial charge in [0.2, 0.25) is 5.67 Å². The standard InChI is InChI=1S/C24H30F3N4O8P/c1-13(2)37-19(33)14(3)30-40(35,39-15-8-6-5-7-9-15)36-11-17-22(4,12-32)23(26)20(24(23,27)38-17)31-10-16(25)18(28)29-21(31)34/h5-10,13-14,17,20,32H,11-12H2,1-4H3,(H,30,35)(H2,28,29,34)/t14-,17+,20-,22?,23?,24?,40?/m0/s1. The highest BCUT2D eigenvalue weighted by molar-refractivity contribution is 7.52. The molecule has 4 rings (SSSR count). The Bertz CT molecular complexity index is 1380. The maximum Gasteiger partial charge on any atom is 0.459 e. The molecule has 40 heavy (non-hydrogen) atoms. The zero-order valence-corrected chi connectivity index (χ0v) is 22.9. The number of aromatic nitrogens is 2. The molecule has 220 valence electrons. The van der Waals surface area contributed by atoms with Crippen LogP contribution in [0.25, 0.3) is 0 Å². The summed E-state index contributed by atoms with van der Waals surface area (Å²) in [5.41, 5.74) is -1.09. The van der Waals surface area contributed by atoms with E-state index in [9.17, 15) is 23.7 Å². The molecule has 2 fully saturated rings. The third kappa shape index (κ3) is 4.90.